The number of hydrogen-bond acceptors (Lipinski definition) is 3. The zero-order valence-corrected chi connectivity index (χ0v) is 9.90. The lowest BCUT2D eigenvalue weighted by Gasteiger charge is -2.15. The molecule has 1 aromatic rings. The highest BCUT2D eigenvalue weighted by molar-refractivity contribution is 5.96. The predicted octanol–water partition coefficient (Wildman–Crippen LogP) is 0.148. The van der Waals surface area contributed by atoms with Gasteiger partial charge in [0.15, 0.2) is 0 Å². The molecule has 0 fully saturated rings. The zero-order chi connectivity index (χ0) is 13.2. The molecule has 0 aliphatic heterocycles. The largest absolute Gasteiger partial charge is 0.480 e. The first-order chi connectivity index (χ1) is 7.82. The minimum absolute atomic E-state index is 0.0145. The molecule has 0 radical (unpaired) electrons. The second-order valence-electron chi connectivity index (χ2n) is 3.89. The quantitative estimate of drug-likeness (QED) is 0.784. The molecule has 0 bridgehead atoms. The van der Waals surface area contributed by atoms with Crippen molar-refractivity contribution in [3.05, 3.63) is 33.2 Å². The summed E-state index contributed by atoms with van der Waals surface area (Å²) >= 11 is 0. The molecule has 0 atom stereocenters. The smallest absolute Gasteiger partial charge is 0.323 e. The zero-order valence-electron chi connectivity index (χ0n) is 9.90. The Morgan fingerprint density at radius 1 is 1.41 bits per heavy atom. The van der Waals surface area contributed by atoms with Crippen LogP contribution in [0.4, 0.5) is 0 Å². The summed E-state index contributed by atoms with van der Waals surface area (Å²) in [4.78, 5) is 37.5. The average molecular weight is 238 g/mol. The van der Waals surface area contributed by atoms with E-state index in [1.54, 1.807) is 19.9 Å². The van der Waals surface area contributed by atoms with E-state index in [9.17, 15) is 14.4 Å². The van der Waals surface area contributed by atoms with Gasteiger partial charge >= 0.3 is 5.97 Å². The van der Waals surface area contributed by atoms with E-state index in [0.29, 0.717) is 11.3 Å². The van der Waals surface area contributed by atoms with Crippen LogP contribution in [0.15, 0.2) is 10.9 Å². The maximum atomic E-state index is 11.9. The first-order valence-corrected chi connectivity index (χ1v) is 5.00. The van der Waals surface area contributed by atoms with Gasteiger partial charge in [-0.25, -0.2) is 0 Å². The van der Waals surface area contributed by atoms with Gasteiger partial charge in [-0.2, -0.15) is 0 Å². The number of carbonyl (C=O) groups is 2. The number of aryl methyl sites for hydroxylation is 2. The van der Waals surface area contributed by atoms with Gasteiger partial charge in [-0.3, -0.25) is 14.4 Å². The van der Waals surface area contributed by atoms with Gasteiger partial charge in [0.25, 0.3) is 11.5 Å². The lowest BCUT2D eigenvalue weighted by Crippen LogP contribution is -2.36. The van der Waals surface area contributed by atoms with Gasteiger partial charge in [0, 0.05) is 12.7 Å². The number of nitrogens with one attached hydrogen (secondary N) is 1. The van der Waals surface area contributed by atoms with E-state index in [0.717, 1.165) is 4.90 Å². The number of carbonyl (C=O) groups excluding carboxylic acids is 1. The number of aromatic nitrogens is 1. The minimum Gasteiger partial charge on any atom is -0.480 e. The molecule has 2 N–H and O–H groups in total. The summed E-state index contributed by atoms with van der Waals surface area (Å²) in [6.45, 7) is 2.92. The van der Waals surface area contributed by atoms with Crippen molar-refractivity contribution < 1.29 is 14.7 Å². The number of aliphatic carboxylic acids is 1. The number of pyridine rings is 1. The van der Waals surface area contributed by atoms with Crippen LogP contribution in [-0.2, 0) is 4.79 Å². The number of hydrogen-bond donors (Lipinski definition) is 2. The van der Waals surface area contributed by atoms with Gasteiger partial charge in [0.1, 0.15) is 12.1 Å². The highest BCUT2D eigenvalue weighted by atomic mass is 16.4. The summed E-state index contributed by atoms with van der Waals surface area (Å²) in [5, 5.41) is 8.58. The lowest BCUT2D eigenvalue weighted by molar-refractivity contribution is -0.137. The average Bonchev–Trinajstić information content (AvgIpc) is 2.14. The number of carboxylic acids is 1. The normalized spacial score (nSPS) is 10.1. The van der Waals surface area contributed by atoms with E-state index in [4.69, 9.17) is 5.11 Å². The Hall–Kier alpha value is -2.11. The Kier molecular flexibility index (Phi) is 3.67. The van der Waals surface area contributed by atoms with Crippen LogP contribution in [0.25, 0.3) is 0 Å². The molecule has 1 rings (SSSR count). The van der Waals surface area contributed by atoms with E-state index in [2.05, 4.69) is 4.98 Å². The third-order valence-corrected chi connectivity index (χ3v) is 2.30. The van der Waals surface area contributed by atoms with Crippen LogP contribution in [0.3, 0.4) is 0 Å². The maximum absolute atomic E-state index is 11.9. The summed E-state index contributed by atoms with van der Waals surface area (Å²) < 4.78 is 0. The summed E-state index contributed by atoms with van der Waals surface area (Å²) in [5.74, 6) is -1.71. The number of carboxylic acid groups (broad SMARTS) is 1. The summed E-state index contributed by atoms with van der Waals surface area (Å²) in [7, 11) is 1.34. The van der Waals surface area contributed by atoms with E-state index in [1.165, 1.54) is 7.05 Å². The van der Waals surface area contributed by atoms with Crippen LogP contribution in [0, 0.1) is 13.8 Å². The molecule has 0 saturated heterocycles. The highest BCUT2D eigenvalue weighted by Crippen LogP contribution is 2.06. The SMILES string of the molecule is Cc1cc(C)c(C(=O)N(C)CC(=O)O)c(=O)[nH]1. The van der Waals surface area contributed by atoms with Gasteiger partial charge in [0.2, 0.25) is 0 Å². The van der Waals surface area contributed by atoms with Crippen molar-refractivity contribution in [1.82, 2.24) is 9.88 Å². The molecule has 6 heteroatoms. The standard InChI is InChI=1S/C11H14N2O4/c1-6-4-7(2)12-10(16)9(6)11(17)13(3)5-8(14)15/h4H,5H2,1-3H3,(H,12,16)(H,14,15). The Balaban J connectivity index is 3.13. The molecule has 1 amide bonds. The maximum Gasteiger partial charge on any atom is 0.323 e. The fourth-order valence-electron chi connectivity index (χ4n) is 1.59. The Labute approximate surface area is 97.9 Å². The number of likely N-dealkylation sites (N-methyl/N-ethyl adjacent to an activating group) is 1. The van der Waals surface area contributed by atoms with E-state index >= 15 is 0 Å². The van der Waals surface area contributed by atoms with Crippen molar-refractivity contribution in [2.45, 2.75) is 13.8 Å². The number of nitrogens with zero attached hydrogens (tertiary/aromatic N) is 1. The summed E-state index contributed by atoms with van der Waals surface area (Å²) in [6.07, 6.45) is 0. The van der Waals surface area contributed by atoms with Crippen LogP contribution in [0.1, 0.15) is 21.6 Å². The Morgan fingerprint density at radius 3 is 2.47 bits per heavy atom. The fourth-order valence-corrected chi connectivity index (χ4v) is 1.59. The van der Waals surface area contributed by atoms with Gasteiger partial charge in [-0.15, -0.1) is 0 Å². The van der Waals surface area contributed by atoms with Crippen LogP contribution in [0.2, 0.25) is 0 Å². The van der Waals surface area contributed by atoms with Crippen LogP contribution >= 0.6 is 0 Å². The van der Waals surface area contributed by atoms with Crippen LogP contribution < -0.4 is 5.56 Å². The molecular weight excluding hydrogens is 224 g/mol. The third-order valence-electron chi connectivity index (χ3n) is 2.30. The molecule has 0 aliphatic rings. The Bertz CT molecular complexity index is 519. The van der Waals surface area contributed by atoms with Crippen molar-refractivity contribution in [2.75, 3.05) is 13.6 Å². The van der Waals surface area contributed by atoms with Gasteiger partial charge in [-0.05, 0) is 25.5 Å². The van der Waals surface area contributed by atoms with Gasteiger partial charge in [-0.1, -0.05) is 0 Å². The molecule has 0 aliphatic carbocycles. The second kappa shape index (κ2) is 4.82. The topological polar surface area (TPSA) is 90.5 Å². The monoisotopic (exact) mass is 238 g/mol. The van der Waals surface area contributed by atoms with Crippen LogP contribution in [-0.4, -0.2) is 40.5 Å². The van der Waals surface area contributed by atoms with Gasteiger partial charge < -0.3 is 15.0 Å². The fraction of sp³-hybridized carbons (Fsp3) is 0.364. The van der Waals surface area contributed by atoms with Crippen molar-refractivity contribution in [3.63, 3.8) is 0 Å². The predicted molar refractivity (Wildman–Crippen MR) is 61.1 cm³/mol. The first kappa shape index (κ1) is 13.0. The number of H-pyrrole nitrogens is 1. The van der Waals surface area contributed by atoms with E-state index in [-0.39, 0.29) is 5.56 Å². The van der Waals surface area contributed by atoms with Gasteiger partial charge in [0.05, 0.1) is 0 Å². The highest BCUT2D eigenvalue weighted by Gasteiger charge is 2.19. The molecule has 92 valence electrons. The molecule has 17 heavy (non-hydrogen) atoms. The second-order valence-corrected chi connectivity index (χ2v) is 3.89. The minimum atomic E-state index is -1.12. The molecule has 0 aromatic carbocycles. The third kappa shape index (κ3) is 2.93. The molecule has 0 unspecified atom stereocenters. The Morgan fingerprint density at radius 2 is 2.00 bits per heavy atom. The molecule has 6 nitrogen and oxygen atoms in total. The summed E-state index contributed by atoms with van der Waals surface area (Å²) in [6, 6.07) is 1.67. The number of amides is 1. The first-order valence-electron chi connectivity index (χ1n) is 5.00. The van der Waals surface area contributed by atoms with Crippen molar-refractivity contribution in [2.24, 2.45) is 0 Å². The molecular formula is C11H14N2O4. The van der Waals surface area contributed by atoms with E-state index < -0.39 is 24.0 Å². The van der Waals surface area contributed by atoms with Crippen molar-refractivity contribution >= 4 is 11.9 Å². The molecule has 0 spiro atoms. The van der Waals surface area contributed by atoms with Crippen molar-refractivity contribution in [3.8, 4) is 0 Å². The molecule has 0 saturated carbocycles. The molecule has 1 aromatic heterocycles. The number of aromatic amines is 1. The molecule has 1 heterocycles. The summed E-state index contributed by atoms with van der Waals surface area (Å²) in [5.41, 5.74) is 0.683. The van der Waals surface area contributed by atoms with Crippen LogP contribution in [0.5, 0.6) is 0 Å². The number of rotatable bonds is 3. The van der Waals surface area contributed by atoms with Crippen molar-refractivity contribution in [1.29, 1.82) is 0 Å². The lowest BCUT2D eigenvalue weighted by atomic mass is 10.1. The van der Waals surface area contributed by atoms with E-state index in [1.807, 2.05) is 0 Å².